The molecule has 9 nitrogen and oxygen atoms in total. The lowest BCUT2D eigenvalue weighted by Crippen LogP contribution is -2.34. The lowest BCUT2D eigenvalue weighted by atomic mass is 10.2. The van der Waals surface area contributed by atoms with Gasteiger partial charge in [-0.25, -0.2) is 13.2 Å². The molecule has 4 N–H and O–H groups in total. The van der Waals surface area contributed by atoms with Gasteiger partial charge in [0, 0.05) is 29.5 Å². The van der Waals surface area contributed by atoms with Gasteiger partial charge in [-0.15, -0.1) is 0 Å². The van der Waals surface area contributed by atoms with Crippen LogP contribution in [-0.2, 0) is 16.6 Å². The number of rotatable bonds is 9. The maximum absolute atomic E-state index is 12.6. The van der Waals surface area contributed by atoms with Gasteiger partial charge in [-0.3, -0.25) is 9.52 Å². The molecule has 0 saturated carbocycles. The van der Waals surface area contributed by atoms with Crippen molar-refractivity contribution >= 4 is 33.3 Å². The number of anilines is 2. The minimum absolute atomic E-state index is 0.0309. The quantitative estimate of drug-likeness (QED) is 0.357. The first-order chi connectivity index (χ1) is 16.7. The van der Waals surface area contributed by atoms with Gasteiger partial charge < -0.3 is 20.7 Å². The van der Waals surface area contributed by atoms with Gasteiger partial charge in [-0.05, 0) is 80.1 Å². The van der Waals surface area contributed by atoms with E-state index in [0.29, 0.717) is 22.7 Å². The molecule has 0 aliphatic heterocycles. The number of benzene rings is 3. The molecule has 3 amide bonds. The summed E-state index contributed by atoms with van der Waals surface area (Å²) >= 11 is 0. The molecule has 0 radical (unpaired) electrons. The van der Waals surface area contributed by atoms with Gasteiger partial charge in [-0.2, -0.15) is 0 Å². The Morgan fingerprint density at radius 2 is 1.46 bits per heavy atom. The Morgan fingerprint density at radius 1 is 0.857 bits per heavy atom. The number of amides is 3. The van der Waals surface area contributed by atoms with E-state index in [1.165, 1.54) is 31.4 Å². The average molecular weight is 497 g/mol. The molecule has 0 spiro atoms. The summed E-state index contributed by atoms with van der Waals surface area (Å²) in [5.41, 5.74) is 2.21. The summed E-state index contributed by atoms with van der Waals surface area (Å²) in [4.78, 5) is 24.3. The summed E-state index contributed by atoms with van der Waals surface area (Å²) in [5.74, 6) is 0.278. The molecule has 0 heterocycles. The second-order valence-corrected chi connectivity index (χ2v) is 9.67. The molecule has 0 saturated heterocycles. The van der Waals surface area contributed by atoms with Crippen LogP contribution in [0.2, 0.25) is 0 Å². The fourth-order valence-corrected chi connectivity index (χ4v) is 4.14. The van der Waals surface area contributed by atoms with Crippen molar-refractivity contribution in [2.45, 2.75) is 31.3 Å². The Balaban J connectivity index is 1.55. The third-order valence-electron chi connectivity index (χ3n) is 4.85. The molecule has 0 bridgehead atoms. The molecular formula is C25H28N4O5S. The van der Waals surface area contributed by atoms with E-state index in [2.05, 4.69) is 20.7 Å². The van der Waals surface area contributed by atoms with E-state index in [9.17, 15) is 18.0 Å². The topological polar surface area (TPSA) is 126 Å². The maximum atomic E-state index is 12.6. The molecule has 35 heavy (non-hydrogen) atoms. The van der Waals surface area contributed by atoms with Crippen LogP contribution < -0.4 is 25.4 Å². The second-order valence-electron chi connectivity index (χ2n) is 7.99. The molecule has 0 aliphatic carbocycles. The van der Waals surface area contributed by atoms with Crippen molar-refractivity contribution in [3.05, 3.63) is 83.9 Å². The minimum atomic E-state index is -3.81. The van der Waals surface area contributed by atoms with Crippen LogP contribution in [0, 0.1) is 0 Å². The van der Waals surface area contributed by atoms with E-state index in [-0.39, 0.29) is 29.4 Å². The van der Waals surface area contributed by atoms with E-state index in [0.717, 1.165) is 5.56 Å². The largest absolute Gasteiger partial charge is 0.497 e. The van der Waals surface area contributed by atoms with Crippen LogP contribution in [-0.4, -0.2) is 33.5 Å². The molecule has 0 fully saturated rings. The molecule has 0 unspecified atom stereocenters. The molecule has 184 valence electrons. The fraction of sp³-hybridized carbons (Fsp3) is 0.200. The zero-order chi connectivity index (χ0) is 25.4. The zero-order valence-corrected chi connectivity index (χ0v) is 20.5. The van der Waals surface area contributed by atoms with Crippen LogP contribution in [0.4, 0.5) is 16.2 Å². The first kappa shape index (κ1) is 25.6. The third kappa shape index (κ3) is 7.47. The minimum Gasteiger partial charge on any atom is -0.497 e. The Labute approximate surface area is 204 Å². The molecule has 3 aromatic carbocycles. The number of hydrogen-bond acceptors (Lipinski definition) is 5. The summed E-state index contributed by atoms with van der Waals surface area (Å²) in [6, 6.07) is 19.0. The first-order valence-electron chi connectivity index (χ1n) is 10.9. The number of methoxy groups -OCH3 is 1. The Morgan fingerprint density at radius 3 is 2.03 bits per heavy atom. The van der Waals surface area contributed by atoms with Gasteiger partial charge in [0.05, 0.1) is 12.0 Å². The zero-order valence-electron chi connectivity index (χ0n) is 19.7. The molecule has 0 aliphatic rings. The average Bonchev–Trinajstić information content (AvgIpc) is 2.83. The van der Waals surface area contributed by atoms with Crippen molar-refractivity contribution in [1.82, 2.24) is 10.6 Å². The van der Waals surface area contributed by atoms with E-state index in [1.54, 1.807) is 48.5 Å². The van der Waals surface area contributed by atoms with Crippen LogP contribution in [0.5, 0.6) is 5.75 Å². The van der Waals surface area contributed by atoms with E-state index >= 15 is 0 Å². The van der Waals surface area contributed by atoms with Crippen molar-refractivity contribution in [3.63, 3.8) is 0 Å². The number of hydrogen-bond donors (Lipinski definition) is 4. The van der Waals surface area contributed by atoms with E-state index < -0.39 is 10.0 Å². The van der Waals surface area contributed by atoms with Gasteiger partial charge in [0.15, 0.2) is 0 Å². The number of nitrogens with one attached hydrogen (secondary N) is 4. The SMILES string of the molecule is COc1ccc(NS(=O)(=O)c2ccc(C(=O)NCc3ccc(NC(=O)NC(C)C)cc3)cc2)cc1. The highest BCUT2D eigenvalue weighted by molar-refractivity contribution is 7.92. The normalized spacial score (nSPS) is 11.0. The summed E-state index contributed by atoms with van der Waals surface area (Å²) in [5, 5.41) is 8.27. The molecule has 10 heteroatoms. The first-order valence-corrected chi connectivity index (χ1v) is 12.4. The van der Waals surface area contributed by atoms with Crippen molar-refractivity contribution in [3.8, 4) is 5.75 Å². The van der Waals surface area contributed by atoms with E-state index in [1.807, 2.05) is 13.8 Å². The number of ether oxygens (including phenoxy) is 1. The van der Waals surface area contributed by atoms with Gasteiger partial charge in [-0.1, -0.05) is 12.1 Å². The molecular weight excluding hydrogens is 468 g/mol. The van der Waals surface area contributed by atoms with Crippen LogP contribution in [0.3, 0.4) is 0 Å². The highest BCUT2D eigenvalue weighted by atomic mass is 32.2. The van der Waals surface area contributed by atoms with Crippen molar-refractivity contribution in [2.24, 2.45) is 0 Å². The number of carbonyl (C=O) groups is 2. The molecule has 3 rings (SSSR count). The molecule has 0 aromatic heterocycles. The molecule has 0 atom stereocenters. The summed E-state index contributed by atoms with van der Waals surface area (Å²) in [7, 11) is -2.28. The summed E-state index contributed by atoms with van der Waals surface area (Å²) < 4.78 is 32.8. The highest BCUT2D eigenvalue weighted by Crippen LogP contribution is 2.20. The van der Waals surface area contributed by atoms with Crippen molar-refractivity contribution in [1.29, 1.82) is 0 Å². The Hall–Kier alpha value is -4.05. The Bertz CT molecular complexity index is 1260. The smallest absolute Gasteiger partial charge is 0.319 e. The lowest BCUT2D eigenvalue weighted by molar-refractivity contribution is 0.0950. The van der Waals surface area contributed by atoms with Gasteiger partial charge in [0.1, 0.15) is 5.75 Å². The molecule has 3 aromatic rings. The van der Waals surface area contributed by atoms with Crippen LogP contribution in [0.25, 0.3) is 0 Å². The Kier molecular flexibility index (Phi) is 8.32. The van der Waals surface area contributed by atoms with Crippen LogP contribution in [0.1, 0.15) is 29.8 Å². The predicted octanol–water partition coefficient (Wildman–Crippen LogP) is 3.96. The summed E-state index contributed by atoms with van der Waals surface area (Å²) in [6.45, 7) is 4.02. The highest BCUT2D eigenvalue weighted by Gasteiger charge is 2.15. The summed E-state index contributed by atoms with van der Waals surface area (Å²) in [6.07, 6.45) is 0. The monoisotopic (exact) mass is 496 g/mol. The van der Waals surface area contributed by atoms with Gasteiger partial charge in [0.25, 0.3) is 15.9 Å². The van der Waals surface area contributed by atoms with Crippen LogP contribution >= 0.6 is 0 Å². The third-order valence-corrected chi connectivity index (χ3v) is 6.25. The number of sulfonamides is 1. The van der Waals surface area contributed by atoms with Gasteiger partial charge in [0.2, 0.25) is 0 Å². The number of urea groups is 1. The predicted molar refractivity (Wildman–Crippen MR) is 135 cm³/mol. The van der Waals surface area contributed by atoms with Crippen molar-refractivity contribution in [2.75, 3.05) is 17.1 Å². The van der Waals surface area contributed by atoms with Crippen molar-refractivity contribution < 1.29 is 22.7 Å². The maximum Gasteiger partial charge on any atom is 0.319 e. The number of carbonyl (C=O) groups excluding carboxylic acids is 2. The van der Waals surface area contributed by atoms with Gasteiger partial charge >= 0.3 is 6.03 Å². The van der Waals surface area contributed by atoms with Crippen LogP contribution in [0.15, 0.2) is 77.7 Å². The fourth-order valence-electron chi connectivity index (χ4n) is 3.08. The lowest BCUT2D eigenvalue weighted by Gasteiger charge is -2.11. The van der Waals surface area contributed by atoms with E-state index in [4.69, 9.17) is 4.74 Å². The standard InChI is InChI=1S/C25H28N4O5S/c1-17(2)27-25(31)28-20-8-4-18(5-9-20)16-26-24(30)19-6-14-23(15-7-19)35(32,33)29-21-10-12-22(34-3)13-11-21/h4-15,17,29H,16H2,1-3H3,(H,26,30)(H2,27,28,31). The second kappa shape index (κ2) is 11.4.